The smallest absolute Gasteiger partial charge is 0.106 e. The molecular weight excluding hydrogens is 160 g/mol. The van der Waals surface area contributed by atoms with Crippen LogP contribution in [0, 0.1) is 5.92 Å². The fraction of sp³-hybridized carbons (Fsp3) is 0.727. The molecule has 2 rings (SSSR count). The van der Waals surface area contributed by atoms with Gasteiger partial charge in [-0.3, -0.25) is 4.99 Å². The molecule has 0 saturated carbocycles. The summed E-state index contributed by atoms with van der Waals surface area (Å²) in [6.45, 7) is 7.36. The third kappa shape index (κ3) is 1.77. The molecule has 1 saturated heterocycles. The van der Waals surface area contributed by atoms with E-state index in [1.54, 1.807) is 0 Å². The number of amidine groups is 1. The van der Waals surface area contributed by atoms with Gasteiger partial charge in [-0.1, -0.05) is 12.5 Å². The largest absolute Gasteiger partial charge is 0.360 e. The molecule has 0 aliphatic carbocycles. The lowest BCUT2D eigenvalue weighted by atomic mass is 10.0. The van der Waals surface area contributed by atoms with Gasteiger partial charge >= 0.3 is 0 Å². The zero-order valence-electron chi connectivity index (χ0n) is 8.21. The molecule has 1 unspecified atom stereocenters. The average molecular weight is 178 g/mol. The summed E-state index contributed by atoms with van der Waals surface area (Å²) in [5.41, 5.74) is 0. The first-order valence-corrected chi connectivity index (χ1v) is 5.33. The first kappa shape index (κ1) is 8.79. The maximum Gasteiger partial charge on any atom is 0.106 e. The van der Waals surface area contributed by atoms with E-state index in [2.05, 4.69) is 22.5 Å². The lowest BCUT2D eigenvalue weighted by Crippen LogP contribution is -2.38. The molecule has 13 heavy (non-hydrogen) atoms. The maximum atomic E-state index is 4.64. The Morgan fingerprint density at radius 1 is 1.31 bits per heavy atom. The van der Waals surface area contributed by atoms with Crippen LogP contribution >= 0.6 is 0 Å². The van der Waals surface area contributed by atoms with Crippen LogP contribution in [0.1, 0.15) is 25.7 Å². The zero-order valence-corrected chi connectivity index (χ0v) is 8.21. The summed E-state index contributed by atoms with van der Waals surface area (Å²) in [5, 5.41) is 0. The minimum absolute atomic E-state index is 0.530. The van der Waals surface area contributed by atoms with Gasteiger partial charge in [0.05, 0.1) is 0 Å². The van der Waals surface area contributed by atoms with Crippen LogP contribution in [0.4, 0.5) is 0 Å². The average Bonchev–Trinajstić information content (AvgIpc) is 2.39. The first-order valence-electron chi connectivity index (χ1n) is 5.33. The van der Waals surface area contributed by atoms with E-state index in [1.165, 1.54) is 44.6 Å². The van der Waals surface area contributed by atoms with Crippen LogP contribution in [0.2, 0.25) is 0 Å². The van der Waals surface area contributed by atoms with E-state index in [9.17, 15) is 0 Å². The van der Waals surface area contributed by atoms with Crippen molar-refractivity contribution >= 4 is 5.84 Å². The van der Waals surface area contributed by atoms with Gasteiger partial charge < -0.3 is 4.90 Å². The molecule has 0 aromatic carbocycles. The van der Waals surface area contributed by atoms with Gasteiger partial charge in [0, 0.05) is 25.6 Å². The van der Waals surface area contributed by atoms with Gasteiger partial charge in [-0.25, -0.2) is 0 Å². The van der Waals surface area contributed by atoms with Gasteiger partial charge in [0.1, 0.15) is 5.84 Å². The Kier molecular flexibility index (Phi) is 2.67. The molecule has 72 valence electrons. The van der Waals surface area contributed by atoms with E-state index >= 15 is 0 Å². The summed E-state index contributed by atoms with van der Waals surface area (Å²) >= 11 is 0. The van der Waals surface area contributed by atoms with Crippen molar-refractivity contribution in [1.82, 2.24) is 4.90 Å². The molecule has 0 spiro atoms. The standard InChI is InChI=1S/C11H18N2/c1-2-10-6-3-4-8-13-9-5-7-12-11(10)13/h2,10H,1,3-9H2. The molecule has 2 nitrogen and oxygen atoms in total. The monoisotopic (exact) mass is 178 g/mol. The minimum Gasteiger partial charge on any atom is -0.360 e. The molecule has 2 aliphatic rings. The van der Waals surface area contributed by atoms with E-state index in [-0.39, 0.29) is 0 Å². The lowest BCUT2D eigenvalue weighted by molar-refractivity contribution is 0.387. The summed E-state index contributed by atoms with van der Waals surface area (Å²) < 4.78 is 0. The van der Waals surface area contributed by atoms with Crippen LogP contribution in [0.5, 0.6) is 0 Å². The summed E-state index contributed by atoms with van der Waals surface area (Å²) in [7, 11) is 0. The number of nitrogens with zero attached hydrogens (tertiary/aromatic N) is 2. The Morgan fingerprint density at radius 3 is 3.00 bits per heavy atom. The highest BCUT2D eigenvalue weighted by Crippen LogP contribution is 2.22. The molecule has 0 aromatic rings. The predicted molar refractivity (Wildman–Crippen MR) is 56.0 cm³/mol. The Balaban J connectivity index is 2.19. The van der Waals surface area contributed by atoms with E-state index in [1.807, 2.05) is 0 Å². The normalized spacial score (nSPS) is 28.8. The van der Waals surface area contributed by atoms with Gasteiger partial charge in [0.15, 0.2) is 0 Å². The lowest BCUT2D eigenvalue weighted by Gasteiger charge is -2.30. The molecule has 2 aliphatic heterocycles. The highest BCUT2D eigenvalue weighted by atomic mass is 15.2. The van der Waals surface area contributed by atoms with Crippen LogP contribution in [0.3, 0.4) is 0 Å². The van der Waals surface area contributed by atoms with Crippen molar-refractivity contribution in [2.45, 2.75) is 25.7 Å². The quantitative estimate of drug-likeness (QED) is 0.561. The number of aliphatic imine (C=N–C) groups is 1. The molecule has 0 N–H and O–H groups in total. The summed E-state index contributed by atoms with van der Waals surface area (Å²) in [5.74, 6) is 1.85. The minimum atomic E-state index is 0.530. The van der Waals surface area contributed by atoms with E-state index < -0.39 is 0 Å². The highest BCUT2D eigenvalue weighted by molar-refractivity contribution is 5.86. The fourth-order valence-corrected chi connectivity index (χ4v) is 2.27. The van der Waals surface area contributed by atoms with Gasteiger partial charge in [-0.15, -0.1) is 6.58 Å². The van der Waals surface area contributed by atoms with Crippen molar-refractivity contribution in [1.29, 1.82) is 0 Å². The van der Waals surface area contributed by atoms with Crippen molar-refractivity contribution in [2.75, 3.05) is 19.6 Å². The second-order valence-electron chi connectivity index (χ2n) is 3.92. The van der Waals surface area contributed by atoms with Crippen LogP contribution in [-0.2, 0) is 0 Å². The molecule has 0 aromatic heterocycles. The predicted octanol–water partition coefficient (Wildman–Crippen LogP) is 2.08. The van der Waals surface area contributed by atoms with Crippen LogP contribution < -0.4 is 0 Å². The molecule has 2 heterocycles. The van der Waals surface area contributed by atoms with Crippen molar-refractivity contribution in [3.63, 3.8) is 0 Å². The van der Waals surface area contributed by atoms with Gasteiger partial charge in [0.25, 0.3) is 0 Å². The van der Waals surface area contributed by atoms with Crippen LogP contribution in [0.15, 0.2) is 17.6 Å². The van der Waals surface area contributed by atoms with Crippen molar-refractivity contribution < 1.29 is 0 Å². The van der Waals surface area contributed by atoms with Crippen molar-refractivity contribution in [3.05, 3.63) is 12.7 Å². The van der Waals surface area contributed by atoms with Gasteiger partial charge in [-0.2, -0.15) is 0 Å². The van der Waals surface area contributed by atoms with Crippen LogP contribution in [0.25, 0.3) is 0 Å². The van der Waals surface area contributed by atoms with Gasteiger partial charge in [0.2, 0.25) is 0 Å². The number of fused-ring (bicyclic) bond motifs is 1. The molecule has 2 heteroatoms. The third-order valence-corrected chi connectivity index (χ3v) is 2.99. The van der Waals surface area contributed by atoms with Crippen molar-refractivity contribution in [2.24, 2.45) is 10.9 Å². The number of rotatable bonds is 1. The van der Waals surface area contributed by atoms with Gasteiger partial charge in [-0.05, 0) is 19.3 Å². The molecule has 0 amide bonds. The second-order valence-corrected chi connectivity index (χ2v) is 3.92. The topological polar surface area (TPSA) is 15.6 Å². The van der Waals surface area contributed by atoms with Crippen LogP contribution in [-0.4, -0.2) is 30.4 Å². The Morgan fingerprint density at radius 2 is 2.15 bits per heavy atom. The first-order chi connectivity index (χ1) is 6.42. The molecule has 1 atom stereocenters. The second kappa shape index (κ2) is 3.95. The molecule has 1 fully saturated rings. The summed E-state index contributed by atoms with van der Waals surface area (Å²) in [4.78, 5) is 7.10. The Bertz CT molecular complexity index is 220. The maximum absolute atomic E-state index is 4.64. The van der Waals surface area contributed by atoms with E-state index in [0.717, 1.165) is 6.54 Å². The SMILES string of the molecule is C=CC1CCCCN2CCCN=C12. The third-order valence-electron chi connectivity index (χ3n) is 2.99. The molecular formula is C11H18N2. The molecule has 0 radical (unpaired) electrons. The fourth-order valence-electron chi connectivity index (χ4n) is 2.27. The van der Waals surface area contributed by atoms with E-state index in [0.29, 0.717) is 5.92 Å². The Labute approximate surface area is 80.3 Å². The summed E-state index contributed by atoms with van der Waals surface area (Å²) in [6.07, 6.45) is 7.20. The highest BCUT2D eigenvalue weighted by Gasteiger charge is 2.23. The van der Waals surface area contributed by atoms with E-state index in [4.69, 9.17) is 0 Å². The van der Waals surface area contributed by atoms with Crippen molar-refractivity contribution in [3.8, 4) is 0 Å². The number of hydrogen-bond acceptors (Lipinski definition) is 2. The summed E-state index contributed by atoms with van der Waals surface area (Å²) in [6, 6.07) is 0. The molecule has 0 bridgehead atoms. The zero-order chi connectivity index (χ0) is 9.10. The number of hydrogen-bond donors (Lipinski definition) is 0. The Hall–Kier alpha value is -0.790.